The zero-order valence-electron chi connectivity index (χ0n) is 10.4. The molecule has 3 aromatic carbocycles. The van der Waals surface area contributed by atoms with Gasteiger partial charge in [0.25, 0.3) is 0 Å². The van der Waals surface area contributed by atoms with E-state index in [-0.39, 0.29) is 36.9 Å². The van der Waals surface area contributed by atoms with Crippen LogP contribution in [0.5, 0.6) is 0 Å². The molecule has 1 heteroatoms. The smallest absolute Gasteiger partial charge is 0.184 e. The fourth-order valence-corrected chi connectivity index (χ4v) is 1.03. The standard InChI is InChI=1S/3C6H5.Tm/c3*1-2-4-6-5-3-1;/h3*1-5H;/q3*-1;+3. The van der Waals surface area contributed by atoms with Crippen LogP contribution in [0.4, 0.5) is 0 Å². The van der Waals surface area contributed by atoms with E-state index in [9.17, 15) is 0 Å². The van der Waals surface area contributed by atoms with Gasteiger partial charge in [-0.2, -0.15) is 109 Å². The summed E-state index contributed by atoms with van der Waals surface area (Å²) in [5, 5.41) is 0. The van der Waals surface area contributed by atoms with Gasteiger partial charge in [-0.1, -0.05) is 0 Å². The first-order chi connectivity index (χ1) is 9.00. The summed E-state index contributed by atoms with van der Waals surface area (Å²) in [4.78, 5) is 0. The van der Waals surface area contributed by atoms with E-state index in [4.69, 9.17) is 0 Å². The molecule has 0 nitrogen and oxygen atoms in total. The molecule has 0 spiro atoms. The van der Waals surface area contributed by atoms with Gasteiger partial charge >= 0.3 is 36.9 Å². The first kappa shape index (κ1) is 17.9. The molecule has 100 valence electrons. The largest absolute Gasteiger partial charge is 3.00 e. The van der Waals surface area contributed by atoms with E-state index in [0.717, 1.165) is 0 Å². The zero-order chi connectivity index (χ0) is 12.7. The van der Waals surface area contributed by atoms with Crippen molar-refractivity contribution in [2.24, 2.45) is 0 Å². The fraction of sp³-hybridized carbons (Fsp3) is 0. The molecule has 3 rings (SSSR count). The summed E-state index contributed by atoms with van der Waals surface area (Å²) >= 11 is 0. The van der Waals surface area contributed by atoms with Gasteiger partial charge in [-0.25, -0.2) is 0 Å². The van der Waals surface area contributed by atoms with Gasteiger partial charge in [0.15, 0.2) is 0 Å². The third-order valence-corrected chi connectivity index (χ3v) is 1.82. The average molecular weight is 400 g/mol. The Morgan fingerprint density at radius 1 is 0.316 bits per heavy atom. The molecule has 3 aromatic rings. The molecule has 0 heterocycles. The number of benzene rings is 3. The third kappa shape index (κ3) is 13.1. The molecule has 0 atom stereocenters. The van der Waals surface area contributed by atoms with Gasteiger partial charge in [0.1, 0.15) is 0 Å². The Hall–Kier alpha value is -1.11. The van der Waals surface area contributed by atoms with Gasteiger partial charge in [0, 0.05) is 0 Å². The van der Waals surface area contributed by atoms with Crippen LogP contribution in [0.3, 0.4) is 0 Å². The Labute approximate surface area is 145 Å². The Kier molecular flexibility index (Phi) is 14.1. The van der Waals surface area contributed by atoms with E-state index in [2.05, 4.69) is 18.2 Å². The molecule has 0 unspecified atom stereocenters. The van der Waals surface area contributed by atoms with E-state index in [1.54, 1.807) is 0 Å². The van der Waals surface area contributed by atoms with Crippen LogP contribution in [-0.2, 0) is 0 Å². The minimum atomic E-state index is 0. The minimum absolute atomic E-state index is 0. The second kappa shape index (κ2) is 15.0. The van der Waals surface area contributed by atoms with Crippen LogP contribution in [0.25, 0.3) is 0 Å². The van der Waals surface area contributed by atoms with Crippen molar-refractivity contribution in [3.8, 4) is 0 Å². The summed E-state index contributed by atoms with van der Waals surface area (Å²) in [6, 6.07) is 37.5. The van der Waals surface area contributed by atoms with Crippen LogP contribution in [0.1, 0.15) is 0 Å². The Morgan fingerprint density at radius 3 is 0.579 bits per heavy atom. The number of rotatable bonds is 0. The maximum Gasteiger partial charge on any atom is 3.00 e. The molecule has 0 bridgehead atoms. The molecule has 0 aliphatic rings. The molecule has 0 fully saturated rings. The minimum Gasteiger partial charge on any atom is -0.184 e. The van der Waals surface area contributed by atoms with Crippen molar-refractivity contribution in [3.63, 3.8) is 0 Å². The van der Waals surface area contributed by atoms with Crippen molar-refractivity contribution in [3.05, 3.63) is 109 Å². The first-order valence-electron chi connectivity index (χ1n) is 5.73. The maximum absolute atomic E-state index is 2.89. The second-order valence-corrected chi connectivity index (χ2v) is 3.23. The van der Waals surface area contributed by atoms with Crippen LogP contribution in [0, 0.1) is 55.1 Å². The summed E-state index contributed by atoms with van der Waals surface area (Å²) in [6.07, 6.45) is 0. The second-order valence-electron chi connectivity index (χ2n) is 3.23. The van der Waals surface area contributed by atoms with E-state index in [0.29, 0.717) is 0 Å². The van der Waals surface area contributed by atoms with Crippen LogP contribution in [0.2, 0.25) is 0 Å². The number of hydrogen-bond donors (Lipinski definition) is 0. The van der Waals surface area contributed by atoms with Crippen molar-refractivity contribution in [2.75, 3.05) is 0 Å². The van der Waals surface area contributed by atoms with Gasteiger partial charge in [-0.3, -0.25) is 0 Å². The predicted molar refractivity (Wildman–Crippen MR) is 75.8 cm³/mol. The molecule has 0 saturated heterocycles. The molecule has 0 aromatic heterocycles. The quantitative estimate of drug-likeness (QED) is 0.489. The van der Waals surface area contributed by atoms with Crippen LogP contribution in [-0.4, -0.2) is 0 Å². The molecule has 0 aliphatic carbocycles. The van der Waals surface area contributed by atoms with Crippen molar-refractivity contribution < 1.29 is 36.9 Å². The monoisotopic (exact) mass is 400 g/mol. The van der Waals surface area contributed by atoms with E-state index >= 15 is 0 Å². The van der Waals surface area contributed by atoms with Gasteiger partial charge in [-0.05, 0) is 0 Å². The molecular weight excluding hydrogens is 385 g/mol. The van der Waals surface area contributed by atoms with Crippen LogP contribution >= 0.6 is 0 Å². The van der Waals surface area contributed by atoms with Crippen molar-refractivity contribution in [2.45, 2.75) is 0 Å². The molecule has 0 N–H and O–H groups in total. The van der Waals surface area contributed by atoms with Gasteiger partial charge in [0.05, 0.1) is 0 Å². The molecule has 0 radical (unpaired) electrons. The van der Waals surface area contributed by atoms with Crippen molar-refractivity contribution >= 4 is 0 Å². The van der Waals surface area contributed by atoms with E-state index in [1.807, 2.05) is 91.0 Å². The zero-order valence-corrected chi connectivity index (χ0v) is 12.2. The molecule has 0 aliphatic heterocycles. The summed E-state index contributed by atoms with van der Waals surface area (Å²) in [5.41, 5.74) is 0. The topological polar surface area (TPSA) is 0 Å². The molecular formula is C18H15Tm. The fourth-order valence-electron chi connectivity index (χ4n) is 1.03. The average Bonchev–Trinajstić information content (AvgIpc) is 2.54. The van der Waals surface area contributed by atoms with Crippen molar-refractivity contribution in [1.82, 2.24) is 0 Å². The normalized spacial score (nSPS) is 7.58. The molecule has 0 amide bonds. The maximum atomic E-state index is 2.89. The molecule has 19 heavy (non-hydrogen) atoms. The Balaban J connectivity index is 0.000000249. The van der Waals surface area contributed by atoms with Crippen molar-refractivity contribution in [1.29, 1.82) is 0 Å². The third-order valence-electron chi connectivity index (χ3n) is 1.82. The summed E-state index contributed by atoms with van der Waals surface area (Å²) in [7, 11) is 0. The summed E-state index contributed by atoms with van der Waals surface area (Å²) in [6.45, 7) is 0. The van der Waals surface area contributed by atoms with E-state index in [1.165, 1.54) is 0 Å². The van der Waals surface area contributed by atoms with Gasteiger partial charge in [0.2, 0.25) is 0 Å². The predicted octanol–water partition coefficient (Wildman–Crippen LogP) is 4.46. The SMILES string of the molecule is [Tm+3].[c-]1ccccc1.[c-]1ccccc1.[c-]1ccccc1. The van der Waals surface area contributed by atoms with Crippen LogP contribution in [0.15, 0.2) is 91.0 Å². The molecule has 0 saturated carbocycles. The van der Waals surface area contributed by atoms with Gasteiger partial charge < -0.3 is 0 Å². The van der Waals surface area contributed by atoms with Gasteiger partial charge in [-0.15, -0.1) is 0 Å². The summed E-state index contributed by atoms with van der Waals surface area (Å²) < 4.78 is 0. The Morgan fingerprint density at radius 2 is 0.526 bits per heavy atom. The van der Waals surface area contributed by atoms with Crippen LogP contribution < -0.4 is 0 Å². The Bertz CT molecular complexity index is 296. The number of hydrogen-bond acceptors (Lipinski definition) is 0. The first-order valence-corrected chi connectivity index (χ1v) is 5.73. The van der Waals surface area contributed by atoms with E-state index < -0.39 is 0 Å². The summed E-state index contributed by atoms with van der Waals surface area (Å²) in [5.74, 6) is 0.